The van der Waals surface area contributed by atoms with Crippen molar-refractivity contribution in [1.82, 2.24) is 9.59 Å². The second-order valence-electron chi connectivity index (χ2n) is 4.06. The number of hydrogen-bond acceptors (Lipinski definition) is 6. The SMILES string of the molecule is CCCC(=O)ON(C(=O)Nc1cnns1)c1ccccc1. The number of rotatable bonds is 4. The molecule has 21 heavy (non-hydrogen) atoms. The number of amides is 2. The summed E-state index contributed by atoms with van der Waals surface area (Å²) in [5.41, 5.74) is 0.455. The maximum Gasteiger partial charge on any atom is 0.360 e. The number of anilines is 2. The zero-order valence-corrected chi connectivity index (χ0v) is 12.2. The summed E-state index contributed by atoms with van der Waals surface area (Å²) < 4.78 is 3.65. The Morgan fingerprint density at radius 1 is 1.33 bits per heavy atom. The van der Waals surface area contributed by atoms with Crippen molar-refractivity contribution >= 4 is 34.2 Å². The van der Waals surface area contributed by atoms with Crippen molar-refractivity contribution in [2.24, 2.45) is 0 Å². The van der Waals surface area contributed by atoms with Crippen LogP contribution in [0.1, 0.15) is 19.8 Å². The number of hydroxylamine groups is 1. The van der Waals surface area contributed by atoms with Crippen molar-refractivity contribution in [3.05, 3.63) is 36.5 Å². The van der Waals surface area contributed by atoms with E-state index in [4.69, 9.17) is 4.84 Å². The Morgan fingerprint density at radius 3 is 2.71 bits per heavy atom. The number of carbonyl (C=O) groups is 2. The van der Waals surface area contributed by atoms with E-state index in [0.717, 1.165) is 16.6 Å². The van der Waals surface area contributed by atoms with Crippen LogP contribution < -0.4 is 10.4 Å². The van der Waals surface area contributed by atoms with Gasteiger partial charge in [-0.15, -0.1) is 10.2 Å². The molecule has 0 saturated heterocycles. The van der Waals surface area contributed by atoms with E-state index in [1.54, 1.807) is 30.3 Å². The molecule has 2 amide bonds. The molecule has 1 aromatic carbocycles. The minimum absolute atomic E-state index is 0.235. The maximum absolute atomic E-state index is 12.2. The molecule has 8 heteroatoms. The van der Waals surface area contributed by atoms with Gasteiger partial charge in [0.05, 0.1) is 11.9 Å². The summed E-state index contributed by atoms with van der Waals surface area (Å²) in [6.45, 7) is 1.86. The lowest BCUT2D eigenvalue weighted by molar-refractivity contribution is -0.143. The molecular formula is C13H14N4O3S. The van der Waals surface area contributed by atoms with Crippen molar-refractivity contribution in [3.8, 4) is 0 Å². The Kier molecular flexibility index (Phi) is 5.22. The summed E-state index contributed by atoms with van der Waals surface area (Å²) in [7, 11) is 0. The number of nitrogens with one attached hydrogen (secondary N) is 1. The number of urea groups is 1. The normalized spacial score (nSPS) is 9.95. The monoisotopic (exact) mass is 306 g/mol. The van der Waals surface area contributed by atoms with E-state index in [2.05, 4.69) is 14.9 Å². The standard InChI is InChI=1S/C13H14N4O3S/c1-2-6-12(18)20-17(10-7-4-3-5-8-10)13(19)15-11-9-14-16-21-11/h3-5,7-9H,2,6H2,1H3,(H,15,19). The first-order valence-electron chi connectivity index (χ1n) is 6.35. The number of carbonyl (C=O) groups excluding carboxylic acids is 2. The molecule has 7 nitrogen and oxygen atoms in total. The molecule has 0 fully saturated rings. The maximum atomic E-state index is 12.2. The Balaban J connectivity index is 2.15. The molecule has 1 heterocycles. The Bertz CT molecular complexity index is 589. The van der Waals surface area contributed by atoms with E-state index < -0.39 is 12.0 Å². The Hall–Kier alpha value is -2.48. The highest BCUT2D eigenvalue weighted by Crippen LogP contribution is 2.18. The fourth-order valence-electron chi connectivity index (χ4n) is 1.50. The van der Waals surface area contributed by atoms with Gasteiger partial charge in [-0.25, -0.2) is 9.59 Å². The summed E-state index contributed by atoms with van der Waals surface area (Å²) in [5, 5.41) is 7.59. The molecule has 0 spiro atoms. The minimum atomic E-state index is -0.586. The van der Waals surface area contributed by atoms with Crippen LogP contribution in [0.3, 0.4) is 0 Å². The molecule has 1 N–H and O–H groups in total. The third kappa shape index (κ3) is 4.25. The van der Waals surface area contributed by atoms with Gasteiger partial charge in [0.1, 0.15) is 5.00 Å². The first-order chi connectivity index (χ1) is 10.2. The number of benzene rings is 1. The highest BCUT2D eigenvalue weighted by molar-refractivity contribution is 7.10. The molecule has 2 aromatic rings. The topological polar surface area (TPSA) is 84.4 Å². The lowest BCUT2D eigenvalue weighted by Crippen LogP contribution is -2.36. The molecule has 0 aliphatic heterocycles. The molecule has 0 aliphatic carbocycles. The van der Waals surface area contributed by atoms with Crippen molar-refractivity contribution < 1.29 is 14.4 Å². The second-order valence-corrected chi connectivity index (χ2v) is 4.84. The van der Waals surface area contributed by atoms with Gasteiger partial charge in [0.25, 0.3) is 0 Å². The van der Waals surface area contributed by atoms with Crippen molar-refractivity contribution in [1.29, 1.82) is 0 Å². The lowest BCUT2D eigenvalue weighted by Gasteiger charge is -2.20. The third-order valence-electron chi connectivity index (χ3n) is 2.41. The van der Waals surface area contributed by atoms with Gasteiger partial charge in [0.2, 0.25) is 0 Å². The molecule has 1 aromatic heterocycles. The minimum Gasteiger partial charge on any atom is -0.332 e. The van der Waals surface area contributed by atoms with Gasteiger partial charge >= 0.3 is 12.0 Å². The van der Waals surface area contributed by atoms with Crippen LogP contribution in [0.25, 0.3) is 0 Å². The predicted octanol–water partition coefficient (Wildman–Crippen LogP) is 2.83. The fraction of sp³-hybridized carbons (Fsp3) is 0.231. The van der Waals surface area contributed by atoms with Gasteiger partial charge in [-0.05, 0) is 18.6 Å². The van der Waals surface area contributed by atoms with E-state index in [-0.39, 0.29) is 6.42 Å². The Morgan fingerprint density at radius 2 is 2.10 bits per heavy atom. The van der Waals surface area contributed by atoms with Gasteiger partial charge in [-0.1, -0.05) is 29.6 Å². The average molecular weight is 306 g/mol. The fourth-order valence-corrected chi connectivity index (χ4v) is 1.91. The summed E-state index contributed by atoms with van der Waals surface area (Å²) in [6, 6.07) is 8.06. The van der Waals surface area contributed by atoms with Gasteiger partial charge in [0.15, 0.2) is 0 Å². The molecule has 110 valence electrons. The summed E-state index contributed by atoms with van der Waals surface area (Å²) in [4.78, 5) is 29.0. The lowest BCUT2D eigenvalue weighted by atomic mass is 10.3. The van der Waals surface area contributed by atoms with E-state index in [9.17, 15) is 9.59 Å². The van der Waals surface area contributed by atoms with Gasteiger partial charge in [-0.2, -0.15) is 0 Å². The number of aromatic nitrogens is 2. The van der Waals surface area contributed by atoms with E-state index in [0.29, 0.717) is 17.1 Å². The summed E-state index contributed by atoms with van der Waals surface area (Å²) in [6.07, 6.45) is 2.29. The van der Waals surface area contributed by atoms with Crippen LogP contribution in [-0.4, -0.2) is 21.6 Å². The van der Waals surface area contributed by atoms with Crippen LogP contribution in [0.2, 0.25) is 0 Å². The molecule has 0 radical (unpaired) electrons. The second kappa shape index (κ2) is 7.34. The predicted molar refractivity (Wildman–Crippen MR) is 78.8 cm³/mol. The smallest absolute Gasteiger partial charge is 0.332 e. The molecule has 0 aliphatic rings. The zero-order chi connectivity index (χ0) is 15.1. The first kappa shape index (κ1) is 14.9. The number of nitrogens with zero attached hydrogens (tertiary/aromatic N) is 3. The van der Waals surface area contributed by atoms with Gasteiger partial charge < -0.3 is 4.84 Å². The average Bonchev–Trinajstić information content (AvgIpc) is 2.99. The quantitative estimate of drug-likeness (QED) is 0.878. The first-order valence-corrected chi connectivity index (χ1v) is 7.12. The van der Waals surface area contributed by atoms with Crippen molar-refractivity contribution in [2.45, 2.75) is 19.8 Å². The molecule has 0 bridgehead atoms. The zero-order valence-electron chi connectivity index (χ0n) is 11.4. The molecule has 0 unspecified atom stereocenters. The van der Waals surface area contributed by atoms with E-state index in [1.165, 1.54) is 6.20 Å². The molecule has 2 rings (SSSR count). The largest absolute Gasteiger partial charge is 0.360 e. The summed E-state index contributed by atoms with van der Waals surface area (Å²) >= 11 is 1.03. The van der Waals surface area contributed by atoms with Crippen LogP contribution in [-0.2, 0) is 9.63 Å². The van der Waals surface area contributed by atoms with E-state index in [1.807, 2.05) is 6.92 Å². The van der Waals surface area contributed by atoms with Gasteiger partial charge in [-0.3, -0.25) is 5.32 Å². The van der Waals surface area contributed by atoms with Crippen LogP contribution in [0, 0.1) is 0 Å². The van der Waals surface area contributed by atoms with Crippen LogP contribution in [0.5, 0.6) is 0 Å². The third-order valence-corrected chi connectivity index (χ3v) is 2.99. The van der Waals surface area contributed by atoms with E-state index >= 15 is 0 Å². The number of hydrogen-bond donors (Lipinski definition) is 1. The highest BCUT2D eigenvalue weighted by atomic mass is 32.1. The highest BCUT2D eigenvalue weighted by Gasteiger charge is 2.21. The summed E-state index contributed by atoms with van der Waals surface area (Å²) in [5.74, 6) is -0.473. The molecular weight excluding hydrogens is 292 g/mol. The number of para-hydroxylation sites is 1. The van der Waals surface area contributed by atoms with Gasteiger partial charge in [0, 0.05) is 18.0 Å². The van der Waals surface area contributed by atoms with Crippen molar-refractivity contribution in [2.75, 3.05) is 10.4 Å². The molecule has 0 saturated carbocycles. The van der Waals surface area contributed by atoms with Crippen LogP contribution in [0.15, 0.2) is 36.5 Å². The Labute approximate surface area is 125 Å². The van der Waals surface area contributed by atoms with Crippen LogP contribution in [0.4, 0.5) is 15.5 Å². The van der Waals surface area contributed by atoms with Crippen molar-refractivity contribution in [3.63, 3.8) is 0 Å². The molecule has 0 atom stereocenters. The van der Waals surface area contributed by atoms with Crippen LogP contribution >= 0.6 is 11.5 Å².